The zero-order valence-corrected chi connectivity index (χ0v) is 17.5. The summed E-state index contributed by atoms with van der Waals surface area (Å²) in [5.74, 6) is -0.840. The Kier molecular flexibility index (Phi) is 5.39. The van der Waals surface area contributed by atoms with Crippen molar-refractivity contribution in [2.45, 2.75) is 23.5 Å². The molecule has 2 aromatic heterocycles. The minimum atomic E-state index is -3.64. The number of amides is 2. The van der Waals surface area contributed by atoms with Crippen LogP contribution < -0.4 is 15.6 Å². The number of fused-ring (bicyclic) bond motifs is 1. The van der Waals surface area contributed by atoms with E-state index < -0.39 is 15.9 Å². The summed E-state index contributed by atoms with van der Waals surface area (Å²) >= 11 is 2.57. The predicted molar refractivity (Wildman–Crippen MR) is 113 cm³/mol. The molecule has 0 unspecified atom stereocenters. The predicted octanol–water partition coefficient (Wildman–Crippen LogP) is 3.17. The van der Waals surface area contributed by atoms with Crippen LogP contribution in [0.15, 0.2) is 52.1 Å². The lowest BCUT2D eigenvalue weighted by molar-refractivity contribution is 0.0849. The fourth-order valence-electron chi connectivity index (χ4n) is 3.00. The van der Waals surface area contributed by atoms with Gasteiger partial charge < -0.3 is 0 Å². The number of nitrogens with one attached hydrogen (secondary N) is 3. The summed E-state index contributed by atoms with van der Waals surface area (Å²) < 4.78 is 27.1. The molecule has 0 saturated carbocycles. The number of anilines is 1. The van der Waals surface area contributed by atoms with Crippen molar-refractivity contribution in [1.29, 1.82) is 0 Å². The molecule has 150 valence electrons. The summed E-state index contributed by atoms with van der Waals surface area (Å²) in [7, 11) is -3.64. The minimum absolute atomic E-state index is 0.210. The Hall–Kier alpha value is -2.69. The van der Waals surface area contributed by atoms with Gasteiger partial charge in [-0.05, 0) is 66.6 Å². The lowest BCUT2D eigenvalue weighted by Crippen LogP contribution is -2.41. The maximum atomic E-state index is 12.2. The van der Waals surface area contributed by atoms with E-state index in [1.54, 1.807) is 11.4 Å². The third kappa shape index (κ3) is 4.34. The first-order chi connectivity index (χ1) is 13.9. The van der Waals surface area contributed by atoms with E-state index in [1.807, 2.05) is 6.07 Å². The quantitative estimate of drug-likeness (QED) is 0.523. The van der Waals surface area contributed by atoms with Gasteiger partial charge in [-0.2, -0.15) is 0 Å². The van der Waals surface area contributed by atoms with Gasteiger partial charge in [0.25, 0.3) is 21.8 Å². The summed E-state index contributed by atoms with van der Waals surface area (Å²) in [6, 6.07) is 11.0. The van der Waals surface area contributed by atoms with Crippen LogP contribution in [0.25, 0.3) is 0 Å². The van der Waals surface area contributed by atoms with Gasteiger partial charge >= 0.3 is 0 Å². The van der Waals surface area contributed by atoms with E-state index in [4.69, 9.17) is 0 Å². The molecule has 1 aliphatic rings. The van der Waals surface area contributed by atoms with E-state index in [9.17, 15) is 18.0 Å². The minimum Gasteiger partial charge on any atom is -0.279 e. The van der Waals surface area contributed by atoms with Crippen LogP contribution >= 0.6 is 22.7 Å². The average Bonchev–Trinajstić information content (AvgIpc) is 3.43. The molecule has 4 rings (SSSR count). The molecule has 7 nitrogen and oxygen atoms in total. The first-order valence-electron chi connectivity index (χ1n) is 8.81. The van der Waals surface area contributed by atoms with Crippen molar-refractivity contribution >= 4 is 50.2 Å². The van der Waals surface area contributed by atoms with E-state index in [0.29, 0.717) is 10.6 Å². The molecule has 0 bridgehead atoms. The van der Waals surface area contributed by atoms with E-state index in [-0.39, 0.29) is 15.7 Å². The molecular weight excluding hydrogens is 430 g/mol. The number of aryl methyl sites for hydroxylation is 2. The van der Waals surface area contributed by atoms with Crippen molar-refractivity contribution in [1.82, 2.24) is 10.9 Å². The van der Waals surface area contributed by atoms with E-state index in [0.717, 1.165) is 30.6 Å². The van der Waals surface area contributed by atoms with Crippen LogP contribution in [0.4, 0.5) is 5.69 Å². The molecule has 3 aromatic rings. The third-order valence-corrected chi connectivity index (χ3v) is 8.43. The van der Waals surface area contributed by atoms with Crippen LogP contribution in [0, 0.1) is 0 Å². The number of benzene rings is 1. The number of sulfonamides is 1. The number of hydrogen-bond donors (Lipinski definition) is 3. The molecule has 1 aliphatic carbocycles. The van der Waals surface area contributed by atoms with E-state index in [1.165, 1.54) is 52.1 Å². The molecule has 2 heterocycles. The number of hydrogen-bond acceptors (Lipinski definition) is 6. The molecular formula is C19H17N3O4S3. The molecule has 0 fully saturated rings. The summed E-state index contributed by atoms with van der Waals surface area (Å²) in [5.41, 5.74) is 6.65. The first-order valence-corrected chi connectivity index (χ1v) is 12.0. The van der Waals surface area contributed by atoms with Gasteiger partial charge in [-0.1, -0.05) is 6.07 Å². The van der Waals surface area contributed by atoms with Gasteiger partial charge in [0.05, 0.1) is 4.88 Å². The van der Waals surface area contributed by atoms with Gasteiger partial charge in [0.15, 0.2) is 0 Å². The van der Waals surface area contributed by atoms with Crippen molar-refractivity contribution < 1.29 is 18.0 Å². The Bertz CT molecular complexity index is 1130. The highest BCUT2D eigenvalue weighted by Gasteiger charge is 2.19. The van der Waals surface area contributed by atoms with E-state index in [2.05, 4.69) is 15.6 Å². The van der Waals surface area contributed by atoms with Crippen molar-refractivity contribution in [3.8, 4) is 0 Å². The van der Waals surface area contributed by atoms with Gasteiger partial charge in [0.1, 0.15) is 4.21 Å². The van der Waals surface area contributed by atoms with Gasteiger partial charge in [-0.15, -0.1) is 22.7 Å². The normalized spacial score (nSPS) is 13.0. The number of rotatable bonds is 5. The third-order valence-electron chi connectivity index (χ3n) is 4.42. The van der Waals surface area contributed by atoms with Crippen molar-refractivity contribution in [3.63, 3.8) is 0 Å². The van der Waals surface area contributed by atoms with Crippen molar-refractivity contribution in [3.05, 3.63) is 68.7 Å². The summed E-state index contributed by atoms with van der Waals surface area (Å²) in [6.45, 7) is 0. The molecule has 0 aliphatic heterocycles. The lowest BCUT2D eigenvalue weighted by atomic mass is 10.2. The van der Waals surface area contributed by atoms with Crippen molar-refractivity contribution in [2.75, 3.05) is 4.72 Å². The summed E-state index contributed by atoms with van der Waals surface area (Å²) in [6.07, 6.45) is 3.12. The van der Waals surface area contributed by atoms with Crippen LogP contribution in [0.2, 0.25) is 0 Å². The maximum absolute atomic E-state index is 12.2. The molecule has 10 heteroatoms. The van der Waals surface area contributed by atoms with Crippen LogP contribution in [-0.4, -0.2) is 20.2 Å². The summed E-state index contributed by atoms with van der Waals surface area (Å²) in [5, 5.41) is 1.68. The second-order valence-corrected chi connectivity index (χ2v) is 10.4. The Morgan fingerprint density at radius 1 is 0.966 bits per heavy atom. The van der Waals surface area contributed by atoms with Crippen LogP contribution in [0.3, 0.4) is 0 Å². The SMILES string of the molecule is O=C(NNC(=O)c1cc2c(s1)CCC2)c1ccc(NS(=O)(=O)c2cccs2)cc1. The number of carbonyl (C=O) groups excluding carboxylic acids is 2. The largest absolute Gasteiger partial charge is 0.279 e. The maximum Gasteiger partial charge on any atom is 0.279 e. The molecule has 29 heavy (non-hydrogen) atoms. The topological polar surface area (TPSA) is 104 Å². The van der Waals surface area contributed by atoms with Crippen LogP contribution in [0.5, 0.6) is 0 Å². The van der Waals surface area contributed by atoms with Crippen molar-refractivity contribution in [2.24, 2.45) is 0 Å². The fourth-order valence-corrected chi connectivity index (χ4v) is 6.20. The zero-order chi connectivity index (χ0) is 20.4. The molecule has 0 spiro atoms. The monoisotopic (exact) mass is 447 g/mol. The number of hydrazine groups is 1. The summed E-state index contributed by atoms with van der Waals surface area (Å²) in [4.78, 5) is 26.3. The fraction of sp³-hybridized carbons (Fsp3) is 0.158. The van der Waals surface area contributed by atoms with Crippen LogP contribution in [0.1, 0.15) is 36.9 Å². The van der Waals surface area contributed by atoms with Gasteiger partial charge in [-0.25, -0.2) is 8.42 Å². The van der Waals surface area contributed by atoms with Gasteiger partial charge in [0.2, 0.25) is 0 Å². The Labute approximate surface area is 175 Å². The average molecular weight is 448 g/mol. The molecule has 2 amide bonds. The highest BCUT2D eigenvalue weighted by atomic mass is 32.2. The molecule has 0 radical (unpaired) electrons. The van der Waals surface area contributed by atoms with E-state index >= 15 is 0 Å². The Balaban J connectivity index is 1.35. The standard InChI is InChI=1S/C19H17N3O4S3/c23-18(20-21-19(24)16-11-13-3-1-4-15(13)28-16)12-6-8-14(9-7-12)22-29(25,26)17-5-2-10-27-17/h2,5-11,22H,1,3-4H2,(H,20,23)(H,21,24). The Morgan fingerprint density at radius 2 is 1.72 bits per heavy atom. The molecule has 1 aromatic carbocycles. The zero-order valence-electron chi connectivity index (χ0n) is 15.1. The second kappa shape index (κ2) is 7.97. The van der Waals surface area contributed by atoms with Crippen LogP contribution in [-0.2, 0) is 22.9 Å². The molecule has 0 atom stereocenters. The number of thiophene rings is 2. The second-order valence-electron chi connectivity index (χ2n) is 6.44. The highest BCUT2D eigenvalue weighted by Crippen LogP contribution is 2.30. The number of carbonyl (C=O) groups is 2. The lowest BCUT2D eigenvalue weighted by Gasteiger charge is -2.09. The highest BCUT2D eigenvalue weighted by molar-refractivity contribution is 7.94. The smallest absolute Gasteiger partial charge is 0.279 e. The molecule has 0 saturated heterocycles. The first kappa shape index (κ1) is 19.6. The molecule has 3 N–H and O–H groups in total. The van der Waals surface area contributed by atoms with Gasteiger partial charge in [-0.3, -0.25) is 25.2 Å². The van der Waals surface area contributed by atoms with Gasteiger partial charge in [0, 0.05) is 16.1 Å². The Morgan fingerprint density at radius 3 is 2.41 bits per heavy atom.